The highest BCUT2D eigenvalue weighted by Gasteiger charge is 2.23. The average Bonchev–Trinajstić information content (AvgIpc) is 2.95. The third-order valence-electron chi connectivity index (χ3n) is 4.01. The van der Waals surface area contributed by atoms with Crippen molar-refractivity contribution >= 4 is 11.0 Å². The highest BCUT2D eigenvalue weighted by molar-refractivity contribution is 5.76. The van der Waals surface area contributed by atoms with Gasteiger partial charge in [-0.05, 0) is 23.8 Å². The van der Waals surface area contributed by atoms with Gasteiger partial charge in [-0.25, -0.2) is 4.98 Å². The molecule has 3 heterocycles. The topological polar surface area (TPSA) is 52.0 Å². The Morgan fingerprint density at radius 1 is 1.23 bits per heavy atom. The van der Waals surface area contributed by atoms with Gasteiger partial charge < -0.3 is 14.6 Å². The molecule has 112 valence electrons. The number of para-hydroxylation sites is 2. The maximum absolute atomic E-state index is 5.71. The Labute approximate surface area is 129 Å². The molecule has 0 bridgehead atoms. The SMILES string of the molecule is c1cncc(CNCC2COCc3nc4ccccc4n32)c1. The van der Waals surface area contributed by atoms with Gasteiger partial charge in [0.2, 0.25) is 0 Å². The molecule has 0 spiro atoms. The van der Waals surface area contributed by atoms with Crippen LogP contribution in [-0.2, 0) is 17.9 Å². The molecule has 0 radical (unpaired) electrons. The predicted molar refractivity (Wildman–Crippen MR) is 84.4 cm³/mol. The van der Waals surface area contributed by atoms with Crippen molar-refractivity contribution in [2.24, 2.45) is 0 Å². The highest BCUT2D eigenvalue weighted by Crippen LogP contribution is 2.25. The lowest BCUT2D eigenvalue weighted by Crippen LogP contribution is -2.32. The van der Waals surface area contributed by atoms with Gasteiger partial charge in [0.1, 0.15) is 12.4 Å². The van der Waals surface area contributed by atoms with Gasteiger partial charge >= 0.3 is 0 Å². The summed E-state index contributed by atoms with van der Waals surface area (Å²) in [7, 11) is 0. The Balaban J connectivity index is 1.52. The minimum absolute atomic E-state index is 0.271. The summed E-state index contributed by atoms with van der Waals surface area (Å²) < 4.78 is 8.02. The summed E-state index contributed by atoms with van der Waals surface area (Å²) in [4.78, 5) is 8.81. The second-order valence-electron chi connectivity index (χ2n) is 5.55. The number of aromatic nitrogens is 3. The number of hydrogen-bond donors (Lipinski definition) is 1. The van der Waals surface area contributed by atoms with Crippen LogP contribution in [0.25, 0.3) is 11.0 Å². The van der Waals surface area contributed by atoms with Crippen molar-refractivity contribution in [1.29, 1.82) is 0 Å². The van der Waals surface area contributed by atoms with Crippen LogP contribution in [0, 0.1) is 0 Å². The molecule has 1 N–H and O–H groups in total. The van der Waals surface area contributed by atoms with E-state index in [0.29, 0.717) is 13.2 Å². The van der Waals surface area contributed by atoms with E-state index >= 15 is 0 Å². The Kier molecular flexibility index (Phi) is 3.58. The van der Waals surface area contributed by atoms with Crippen molar-refractivity contribution < 1.29 is 4.74 Å². The van der Waals surface area contributed by atoms with Gasteiger partial charge in [-0.2, -0.15) is 0 Å². The number of nitrogens with zero attached hydrogens (tertiary/aromatic N) is 3. The van der Waals surface area contributed by atoms with E-state index < -0.39 is 0 Å². The standard InChI is InChI=1S/C17H18N4O/c1-2-6-16-15(5-1)20-17-12-22-11-14(21(16)17)10-19-9-13-4-3-7-18-8-13/h1-8,14,19H,9-12H2. The van der Waals surface area contributed by atoms with Gasteiger partial charge in [-0.15, -0.1) is 0 Å². The third kappa shape index (κ3) is 2.49. The fourth-order valence-corrected chi connectivity index (χ4v) is 3.00. The van der Waals surface area contributed by atoms with E-state index in [4.69, 9.17) is 4.74 Å². The molecule has 3 aromatic rings. The molecule has 1 unspecified atom stereocenters. The first-order chi connectivity index (χ1) is 10.9. The fourth-order valence-electron chi connectivity index (χ4n) is 3.00. The van der Waals surface area contributed by atoms with Gasteiger partial charge in [-0.3, -0.25) is 4.98 Å². The summed E-state index contributed by atoms with van der Waals surface area (Å²) in [6.45, 7) is 2.97. The van der Waals surface area contributed by atoms with Crippen LogP contribution in [0.2, 0.25) is 0 Å². The number of nitrogens with one attached hydrogen (secondary N) is 1. The van der Waals surface area contributed by atoms with Crippen molar-refractivity contribution in [3.05, 3.63) is 60.2 Å². The van der Waals surface area contributed by atoms with E-state index in [2.05, 4.69) is 44.1 Å². The molecule has 0 aliphatic carbocycles. The Bertz CT molecular complexity index is 769. The molecular weight excluding hydrogens is 276 g/mol. The number of imidazole rings is 1. The number of fused-ring (bicyclic) bond motifs is 3. The van der Waals surface area contributed by atoms with Gasteiger partial charge in [0, 0.05) is 25.5 Å². The van der Waals surface area contributed by atoms with E-state index in [-0.39, 0.29) is 6.04 Å². The van der Waals surface area contributed by atoms with E-state index in [9.17, 15) is 0 Å². The van der Waals surface area contributed by atoms with Gasteiger partial charge in [0.25, 0.3) is 0 Å². The Hall–Kier alpha value is -2.24. The molecule has 22 heavy (non-hydrogen) atoms. The lowest BCUT2D eigenvalue weighted by atomic mass is 10.2. The van der Waals surface area contributed by atoms with Crippen molar-refractivity contribution in [1.82, 2.24) is 19.9 Å². The van der Waals surface area contributed by atoms with Crippen molar-refractivity contribution in [2.45, 2.75) is 19.2 Å². The van der Waals surface area contributed by atoms with Crippen LogP contribution in [0.3, 0.4) is 0 Å². The fraction of sp³-hybridized carbons (Fsp3) is 0.294. The Morgan fingerprint density at radius 3 is 3.09 bits per heavy atom. The monoisotopic (exact) mass is 294 g/mol. The second kappa shape index (κ2) is 5.87. The molecule has 1 aliphatic rings. The van der Waals surface area contributed by atoms with Crippen molar-refractivity contribution in [2.75, 3.05) is 13.2 Å². The van der Waals surface area contributed by atoms with E-state index in [1.54, 1.807) is 6.20 Å². The molecule has 5 heteroatoms. The number of hydrogen-bond acceptors (Lipinski definition) is 4. The van der Waals surface area contributed by atoms with Crippen LogP contribution in [0.15, 0.2) is 48.8 Å². The summed E-state index contributed by atoms with van der Waals surface area (Å²) in [5.41, 5.74) is 3.42. The van der Waals surface area contributed by atoms with Gasteiger partial charge in [0.15, 0.2) is 0 Å². The maximum Gasteiger partial charge on any atom is 0.136 e. The number of ether oxygens (including phenoxy) is 1. The predicted octanol–water partition coefficient (Wildman–Crippen LogP) is 2.29. The molecule has 0 amide bonds. The van der Waals surface area contributed by atoms with Crippen LogP contribution in [-0.4, -0.2) is 27.7 Å². The average molecular weight is 294 g/mol. The molecule has 1 aromatic carbocycles. The second-order valence-corrected chi connectivity index (χ2v) is 5.55. The molecule has 0 fully saturated rings. The van der Waals surface area contributed by atoms with Crippen LogP contribution in [0.1, 0.15) is 17.4 Å². The molecule has 5 nitrogen and oxygen atoms in total. The molecule has 1 atom stereocenters. The number of rotatable bonds is 4. The van der Waals surface area contributed by atoms with Crippen molar-refractivity contribution in [3.8, 4) is 0 Å². The number of benzene rings is 1. The van der Waals surface area contributed by atoms with Crippen LogP contribution >= 0.6 is 0 Å². The summed E-state index contributed by atoms with van der Waals surface area (Å²) in [6.07, 6.45) is 3.69. The smallest absolute Gasteiger partial charge is 0.136 e. The van der Waals surface area contributed by atoms with Crippen molar-refractivity contribution in [3.63, 3.8) is 0 Å². The summed E-state index contributed by atoms with van der Waals surface area (Å²) >= 11 is 0. The van der Waals surface area contributed by atoms with Crippen LogP contribution < -0.4 is 5.32 Å². The summed E-state index contributed by atoms with van der Waals surface area (Å²) in [5.74, 6) is 1.01. The first-order valence-electron chi connectivity index (χ1n) is 7.55. The van der Waals surface area contributed by atoms with Crippen LogP contribution in [0.5, 0.6) is 0 Å². The first kappa shape index (κ1) is 13.4. The van der Waals surface area contributed by atoms with E-state index in [1.807, 2.05) is 18.3 Å². The summed E-state index contributed by atoms with van der Waals surface area (Å²) in [5, 5.41) is 3.50. The molecule has 1 aliphatic heterocycles. The molecule has 2 aromatic heterocycles. The maximum atomic E-state index is 5.71. The lowest BCUT2D eigenvalue weighted by Gasteiger charge is -2.26. The third-order valence-corrected chi connectivity index (χ3v) is 4.01. The normalized spacial score (nSPS) is 17.5. The zero-order valence-corrected chi connectivity index (χ0v) is 12.3. The number of pyridine rings is 1. The van der Waals surface area contributed by atoms with Gasteiger partial charge in [0.05, 0.1) is 23.7 Å². The molecule has 0 saturated carbocycles. The lowest BCUT2D eigenvalue weighted by molar-refractivity contribution is 0.0564. The van der Waals surface area contributed by atoms with E-state index in [1.165, 1.54) is 11.1 Å². The first-order valence-corrected chi connectivity index (χ1v) is 7.55. The minimum Gasteiger partial charge on any atom is -0.371 e. The van der Waals surface area contributed by atoms with Gasteiger partial charge in [-0.1, -0.05) is 18.2 Å². The zero-order chi connectivity index (χ0) is 14.8. The zero-order valence-electron chi connectivity index (χ0n) is 12.3. The molecular formula is C17H18N4O. The van der Waals surface area contributed by atoms with E-state index in [0.717, 1.165) is 24.4 Å². The highest BCUT2D eigenvalue weighted by atomic mass is 16.5. The Morgan fingerprint density at radius 2 is 2.18 bits per heavy atom. The summed E-state index contributed by atoms with van der Waals surface area (Å²) in [6, 6.07) is 12.6. The minimum atomic E-state index is 0.271. The molecule has 4 rings (SSSR count). The largest absolute Gasteiger partial charge is 0.371 e. The van der Waals surface area contributed by atoms with Crippen LogP contribution in [0.4, 0.5) is 0 Å². The quantitative estimate of drug-likeness (QED) is 0.802. The molecule has 0 saturated heterocycles.